The summed E-state index contributed by atoms with van der Waals surface area (Å²) >= 11 is 0. The fourth-order valence-electron chi connectivity index (χ4n) is 5.47. The van der Waals surface area contributed by atoms with E-state index >= 15 is 0 Å². The number of carbonyl (C=O) groups is 1. The van der Waals surface area contributed by atoms with Gasteiger partial charge in [0.25, 0.3) is 12.3 Å². The zero-order valence-corrected chi connectivity index (χ0v) is 24.9. The molecular formula is C31H36F3N9O. The molecule has 10 nitrogen and oxygen atoms in total. The first kappa shape index (κ1) is 31.0. The summed E-state index contributed by atoms with van der Waals surface area (Å²) < 4.78 is 40.1. The molecule has 1 fully saturated rings. The summed E-state index contributed by atoms with van der Waals surface area (Å²) in [5, 5.41) is 9.45. The van der Waals surface area contributed by atoms with Crippen LogP contribution < -0.4 is 16.0 Å². The maximum Gasteiger partial charge on any atom is 0.251 e. The number of amides is 1. The molecule has 4 aromatic rings. The number of likely N-dealkylation sites (tertiary alicyclic amines) is 1. The fourth-order valence-corrected chi connectivity index (χ4v) is 5.47. The molecule has 0 aliphatic carbocycles. The minimum atomic E-state index is -2.31. The first-order chi connectivity index (χ1) is 21.2. The Morgan fingerprint density at radius 2 is 1.80 bits per heavy atom. The minimum Gasteiger partial charge on any atom is -0.370 e. The Morgan fingerprint density at radius 1 is 1.05 bits per heavy atom. The van der Waals surface area contributed by atoms with Gasteiger partial charge in [-0.3, -0.25) is 14.7 Å². The van der Waals surface area contributed by atoms with Gasteiger partial charge in [-0.25, -0.2) is 33.1 Å². The second-order valence-electron chi connectivity index (χ2n) is 11.1. The lowest BCUT2D eigenvalue weighted by molar-refractivity contribution is 0.0769. The van der Waals surface area contributed by atoms with E-state index in [-0.39, 0.29) is 41.3 Å². The van der Waals surface area contributed by atoms with E-state index < -0.39 is 12.2 Å². The van der Waals surface area contributed by atoms with Gasteiger partial charge in [0, 0.05) is 68.3 Å². The Hall–Kier alpha value is -4.39. The lowest BCUT2D eigenvalue weighted by Crippen LogP contribution is -2.41. The Morgan fingerprint density at radius 3 is 2.50 bits per heavy atom. The molecule has 1 aliphatic heterocycles. The number of piperidine rings is 1. The molecule has 232 valence electrons. The average molecular weight is 608 g/mol. The van der Waals surface area contributed by atoms with Crippen LogP contribution in [0.25, 0.3) is 22.2 Å². The van der Waals surface area contributed by atoms with Crippen molar-refractivity contribution in [2.75, 3.05) is 43.9 Å². The lowest BCUT2D eigenvalue weighted by Gasteiger charge is -2.31. The number of hydrogen-bond acceptors (Lipinski definition) is 9. The van der Waals surface area contributed by atoms with Gasteiger partial charge in [-0.05, 0) is 42.4 Å². The zero-order valence-electron chi connectivity index (χ0n) is 24.9. The third-order valence-corrected chi connectivity index (χ3v) is 8.23. The zero-order chi connectivity index (χ0) is 31.2. The van der Waals surface area contributed by atoms with Gasteiger partial charge in [0.1, 0.15) is 18.0 Å². The number of halogens is 3. The molecule has 0 radical (unpaired) electrons. The highest BCUT2D eigenvalue weighted by atomic mass is 19.3. The predicted molar refractivity (Wildman–Crippen MR) is 163 cm³/mol. The van der Waals surface area contributed by atoms with Gasteiger partial charge < -0.3 is 16.0 Å². The van der Waals surface area contributed by atoms with Gasteiger partial charge in [0.2, 0.25) is 5.95 Å². The van der Waals surface area contributed by atoms with Crippen molar-refractivity contribution in [2.45, 2.75) is 45.1 Å². The maximum atomic E-state index is 14.8. The molecule has 3 aromatic heterocycles. The van der Waals surface area contributed by atoms with Gasteiger partial charge in [-0.1, -0.05) is 19.9 Å². The highest BCUT2D eigenvalue weighted by molar-refractivity contribution is 6.06. The fraction of sp³-hybridized carbons (Fsp3) is 0.419. The van der Waals surface area contributed by atoms with Crippen molar-refractivity contribution in [3.8, 4) is 11.3 Å². The number of hydrogen-bond donors (Lipinski definition) is 3. The molecular weight excluding hydrogens is 571 g/mol. The van der Waals surface area contributed by atoms with Crippen molar-refractivity contribution in [3.05, 3.63) is 66.1 Å². The Labute approximate surface area is 253 Å². The lowest BCUT2D eigenvalue weighted by atomic mass is 9.86. The second kappa shape index (κ2) is 13.9. The third-order valence-electron chi connectivity index (χ3n) is 8.23. The molecule has 1 aliphatic rings. The van der Waals surface area contributed by atoms with Crippen LogP contribution in [0.5, 0.6) is 0 Å². The summed E-state index contributed by atoms with van der Waals surface area (Å²) in [7, 11) is 1.51. The van der Waals surface area contributed by atoms with Crippen LogP contribution in [-0.4, -0.2) is 81.4 Å². The number of alkyl halides is 2. The van der Waals surface area contributed by atoms with Crippen LogP contribution in [0.4, 0.5) is 24.9 Å². The molecule has 44 heavy (non-hydrogen) atoms. The number of benzene rings is 1. The van der Waals surface area contributed by atoms with E-state index in [0.29, 0.717) is 42.6 Å². The molecule has 3 N–H and O–H groups in total. The Kier molecular flexibility index (Phi) is 9.83. The molecule has 0 bridgehead atoms. The molecule has 4 heterocycles. The van der Waals surface area contributed by atoms with Crippen LogP contribution in [0.15, 0.2) is 49.2 Å². The number of nitrogens with zero attached hydrogens (tertiary/aromatic N) is 6. The second-order valence-corrected chi connectivity index (χ2v) is 11.1. The van der Waals surface area contributed by atoms with Gasteiger partial charge in [0.15, 0.2) is 0 Å². The van der Waals surface area contributed by atoms with Crippen LogP contribution in [0.3, 0.4) is 0 Å². The van der Waals surface area contributed by atoms with Crippen molar-refractivity contribution in [3.63, 3.8) is 0 Å². The largest absolute Gasteiger partial charge is 0.370 e. The highest BCUT2D eigenvalue weighted by Crippen LogP contribution is 2.32. The summed E-state index contributed by atoms with van der Waals surface area (Å²) in [6.07, 6.45) is 5.58. The molecule has 13 heteroatoms. The minimum absolute atomic E-state index is 0.00988. The van der Waals surface area contributed by atoms with E-state index in [0.717, 1.165) is 24.0 Å². The number of nitrogens with one attached hydrogen (secondary N) is 3. The average Bonchev–Trinajstić information content (AvgIpc) is 3.04. The smallest absolute Gasteiger partial charge is 0.251 e. The van der Waals surface area contributed by atoms with Gasteiger partial charge in [0.05, 0.1) is 23.3 Å². The molecule has 0 saturated carbocycles. The summed E-state index contributed by atoms with van der Waals surface area (Å²) in [4.78, 5) is 36.2. The van der Waals surface area contributed by atoms with E-state index in [2.05, 4.69) is 54.7 Å². The number of anilines is 2. The van der Waals surface area contributed by atoms with E-state index in [4.69, 9.17) is 0 Å². The van der Waals surface area contributed by atoms with Crippen molar-refractivity contribution in [1.82, 2.24) is 35.1 Å². The molecule has 2 unspecified atom stereocenters. The number of rotatable bonds is 11. The van der Waals surface area contributed by atoms with E-state index in [9.17, 15) is 18.0 Å². The van der Waals surface area contributed by atoms with Gasteiger partial charge in [-0.2, -0.15) is 0 Å². The standard InChI is InChI=1S/C31H36F3N9O/c1-18(19(2)22-4-5-24(32)28-23(30(44)35-3)6-9-36-29(22)28)13-37-27-12-25(40-17-41-27)20-14-38-31(39-15-20)42-21-7-10-43(11-8-21)16-26(33)34/h4-6,9,12,14-15,17-19,21,26H,7-8,10-11,13,16H2,1-3H3,(H,35,44)(H,37,40,41)(H,38,39,42). The van der Waals surface area contributed by atoms with E-state index in [1.54, 1.807) is 23.4 Å². The molecule has 1 amide bonds. The van der Waals surface area contributed by atoms with Gasteiger partial charge >= 0.3 is 0 Å². The van der Waals surface area contributed by atoms with Crippen LogP contribution in [0, 0.1) is 11.7 Å². The van der Waals surface area contributed by atoms with Crippen LogP contribution in [-0.2, 0) is 0 Å². The molecule has 1 saturated heterocycles. The van der Waals surface area contributed by atoms with Crippen molar-refractivity contribution >= 4 is 28.6 Å². The first-order valence-electron chi connectivity index (χ1n) is 14.7. The van der Waals surface area contributed by atoms with Crippen molar-refractivity contribution in [1.29, 1.82) is 0 Å². The van der Waals surface area contributed by atoms with Crippen LogP contribution >= 0.6 is 0 Å². The van der Waals surface area contributed by atoms with E-state index in [1.807, 2.05) is 6.07 Å². The predicted octanol–water partition coefficient (Wildman–Crippen LogP) is 4.97. The number of pyridine rings is 1. The summed E-state index contributed by atoms with van der Waals surface area (Å²) in [5.41, 5.74) is 2.97. The maximum absolute atomic E-state index is 14.8. The van der Waals surface area contributed by atoms with Crippen LogP contribution in [0.1, 0.15) is 48.5 Å². The molecule has 2 atom stereocenters. The topological polar surface area (TPSA) is 121 Å². The molecule has 5 rings (SSSR count). The molecule has 1 aromatic carbocycles. The van der Waals surface area contributed by atoms with Crippen LogP contribution in [0.2, 0.25) is 0 Å². The van der Waals surface area contributed by atoms with Gasteiger partial charge in [-0.15, -0.1) is 0 Å². The highest BCUT2D eigenvalue weighted by Gasteiger charge is 2.23. The molecule has 0 spiro atoms. The third kappa shape index (κ3) is 7.21. The number of carbonyl (C=O) groups excluding carboxylic acids is 1. The Bertz CT molecular complexity index is 1580. The summed E-state index contributed by atoms with van der Waals surface area (Å²) in [6, 6.07) is 6.61. The van der Waals surface area contributed by atoms with Crippen molar-refractivity contribution in [2.24, 2.45) is 5.92 Å². The quantitative estimate of drug-likeness (QED) is 0.217. The SMILES string of the molecule is CNC(=O)c1ccnc2c(C(C)C(C)CNc3cc(-c4cnc(NC5CCN(CC(F)F)CC5)nc4)ncn3)ccc(F)c12. The number of fused-ring (bicyclic) bond motifs is 1. The normalized spacial score (nSPS) is 15.7. The van der Waals surface area contributed by atoms with Crippen molar-refractivity contribution < 1.29 is 18.0 Å². The monoisotopic (exact) mass is 607 g/mol. The summed E-state index contributed by atoms with van der Waals surface area (Å²) in [5.74, 6) is 0.366. The summed E-state index contributed by atoms with van der Waals surface area (Å²) in [6.45, 7) is 5.75. The number of aromatic nitrogens is 5. The van der Waals surface area contributed by atoms with E-state index in [1.165, 1.54) is 31.7 Å². The Balaban J connectivity index is 1.20. The first-order valence-corrected chi connectivity index (χ1v) is 14.7.